The molecule has 0 aromatic heterocycles. The van der Waals surface area contributed by atoms with Gasteiger partial charge >= 0.3 is 0 Å². The molecule has 0 saturated carbocycles. The third kappa shape index (κ3) is 4.71. The molecule has 1 heterocycles. The van der Waals surface area contributed by atoms with Crippen LogP contribution in [0.1, 0.15) is 46.0 Å². The van der Waals surface area contributed by atoms with Crippen LogP contribution in [0.2, 0.25) is 10.0 Å². The van der Waals surface area contributed by atoms with E-state index in [1.807, 2.05) is 6.92 Å². The number of carbonyl (C=O) groups excluding carboxylic acids is 2. The van der Waals surface area contributed by atoms with Gasteiger partial charge in [0.2, 0.25) is 15.9 Å². The Morgan fingerprint density at radius 1 is 1.17 bits per heavy atom. The van der Waals surface area contributed by atoms with Crippen molar-refractivity contribution in [1.29, 1.82) is 0 Å². The second-order valence-corrected chi connectivity index (χ2v) is 9.82. The fourth-order valence-corrected chi connectivity index (χ4v) is 5.31. The summed E-state index contributed by atoms with van der Waals surface area (Å²) < 4.78 is 25.7. The summed E-state index contributed by atoms with van der Waals surface area (Å²) in [6, 6.07) is 7.74. The molecule has 1 aliphatic heterocycles. The van der Waals surface area contributed by atoms with Gasteiger partial charge in [-0.1, -0.05) is 36.5 Å². The number of aryl methyl sites for hydroxylation is 1. The molecule has 7 nitrogen and oxygen atoms in total. The molecule has 30 heavy (non-hydrogen) atoms. The molecule has 0 spiro atoms. The van der Waals surface area contributed by atoms with Crippen LogP contribution in [0, 0.1) is 0 Å². The zero-order chi connectivity index (χ0) is 22.1. The summed E-state index contributed by atoms with van der Waals surface area (Å²) in [6.45, 7) is 2.30. The van der Waals surface area contributed by atoms with E-state index in [-0.39, 0.29) is 32.6 Å². The number of halogens is 2. The van der Waals surface area contributed by atoms with E-state index in [2.05, 4.69) is 5.32 Å². The van der Waals surface area contributed by atoms with E-state index in [1.165, 1.54) is 22.5 Å². The van der Waals surface area contributed by atoms with Crippen molar-refractivity contribution < 1.29 is 18.0 Å². The van der Waals surface area contributed by atoms with Crippen molar-refractivity contribution in [2.45, 2.75) is 26.2 Å². The molecule has 1 fully saturated rings. The quantitative estimate of drug-likeness (QED) is 0.669. The predicted molar refractivity (Wildman–Crippen MR) is 119 cm³/mol. The molecule has 160 valence electrons. The molecule has 1 saturated heterocycles. The average Bonchev–Trinajstić information content (AvgIpc) is 3.03. The minimum absolute atomic E-state index is 0.00866. The summed E-state index contributed by atoms with van der Waals surface area (Å²) in [7, 11) is -3.45. The second-order valence-electron chi connectivity index (χ2n) is 7.02. The van der Waals surface area contributed by atoms with Crippen molar-refractivity contribution in [3.63, 3.8) is 0 Å². The Kier molecular flexibility index (Phi) is 6.59. The molecule has 0 radical (unpaired) electrons. The summed E-state index contributed by atoms with van der Waals surface area (Å²) in [5.41, 5.74) is 7.22. The maximum absolute atomic E-state index is 12.9. The molecule has 2 amide bonds. The lowest BCUT2D eigenvalue weighted by Gasteiger charge is -2.19. The van der Waals surface area contributed by atoms with Crippen LogP contribution in [0.4, 0.5) is 11.4 Å². The Balaban J connectivity index is 1.97. The summed E-state index contributed by atoms with van der Waals surface area (Å²) in [5.74, 6) is -1.15. The first-order chi connectivity index (χ1) is 14.1. The Labute approximate surface area is 185 Å². The van der Waals surface area contributed by atoms with Gasteiger partial charge in [-0.15, -0.1) is 0 Å². The van der Waals surface area contributed by atoms with Gasteiger partial charge in [0.25, 0.3) is 5.91 Å². The van der Waals surface area contributed by atoms with E-state index in [0.717, 1.165) is 12.0 Å². The number of anilines is 2. The Morgan fingerprint density at radius 3 is 2.50 bits per heavy atom. The second kappa shape index (κ2) is 8.83. The number of hydrogen-bond acceptors (Lipinski definition) is 4. The molecule has 2 aromatic rings. The van der Waals surface area contributed by atoms with Crippen LogP contribution in [-0.4, -0.2) is 32.5 Å². The molecule has 0 unspecified atom stereocenters. The average molecular weight is 470 g/mol. The molecule has 0 aliphatic carbocycles. The molecule has 0 bridgehead atoms. The largest absolute Gasteiger partial charge is 0.366 e. The van der Waals surface area contributed by atoms with Crippen LogP contribution in [0.5, 0.6) is 0 Å². The minimum atomic E-state index is -3.45. The van der Waals surface area contributed by atoms with Gasteiger partial charge in [-0.05, 0) is 48.7 Å². The van der Waals surface area contributed by atoms with Crippen LogP contribution in [0.15, 0.2) is 30.3 Å². The Bertz CT molecular complexity index is 1120. The lowest BCUT2D eigenvalue weighted by atomic mass is 10.0. The molecular formula is C20H21Cl2N3O4S. The number of nitrogens with one attached hydrogen (secondary N) is 1. The summed E-state index contributed by atoms with van der Waals surface area (Å²) in [4.78, 5) is 24.6. The highest BCUT2D eigenvalue weighted by Crippen LogP contribution is 2.34. The standard InChI is InChI=1S/C20H21Cl2N3O4S/c1-2-4-12-7-13(19(23)26)9-14(8-12)24-20(27)16-10-15(11-17(21)18(16)22)25-5-3-6-30(25,28)29/h7-11H,2-6H2,1H3,(H2,23,26)(H,24,27). The highest BCUT2D eigenvalue weighted by molar-refractivity contribution is 7.93. The number of hydrogen-bond donors (Lipinski definition) is 2. The number of nitrogens with two attached hydrogens (primary N) is 1. The molecule has 0 atom stereocenters. The lowest BCUT2D eigenvalue weighted by molar-refractivity contribution is 0.0996. The number of carbonyl (C=O) groups is 2. The number of benzene rings is 2. The molecule has 3 N–H and O–H groups in total. The van der Waals surface area contributed by atoms with Crippen molar-refractivity contribution in [1.82, 2.24) is 0 Å². The van der Waals surface area contributed by atoms with Gasteiger partial charge in [-0.3, -0.25) is 13.9 Å². The van der Waals surface area contributed by atoms with E-state index < -0.39 is 21.8 Å². The first-order valence-corrected chi connectivity index (χ1v) is 11.7. The van der Waals surface area contributed by atoms with Gasteiger partial charge in [0.15, 0.2) is 0 Å². The molecule has 3 rings (SSSR count). The highest BCUT2D eigenvalue weighted by atomic mass is 35.5. The van der Waals surface area contributed by atoms with Crippen molar-refractivity contribution in [2.24, 2.45) is 5.73 Å². The number of sulfonamides is 1. The number of amides is 2. The Hall–Kier alpha value is -2.29. The fourth-order valence-electron chi connectivity index (χ4n) is 3.35. The smallest absolute Gasteiger partial charge is 0.257 e. The number of primary amides is 1. The van der Waals surface area contributed by atoms with Crippen LogP contribution < -0.4 is 15.4 Å². The maximum Gasteiger partial charge on any atom is 0.257 e. The van der Waals surface area contributed by atoms with Gasteiger partial charge < -0.3 is 11.1 Å². The lowest BCUT2D eigenvalue weighted by Crippen LogP contribution is -2.25. The Morgan fingerprint density at radius 2 is 1.90 bits per heavy atom. The number of nitrogens with zero attached hydrogens (tertiary/aromatic N) is 1. The summed E-state index contributed by atoms with van der Waals surface area (Å²) in [5, 5.41) is 2.78. The van der Waals surface area contributed by atoms with Gasteiger partial charge in [0.1, 0.15) is 0 Å². The first kappa shape index (κ1) is 22.4. The van der Waals surface area contributed by atoms with Crippen molar-refractivity contribution in [3.8, 4) is 0 Å². The first-order valence-electron chi connectivity index (χ1n) is 9.37. The van der Waals surface area contributed by atoms with Crippen LogP contribution in [0.3, 0.4) is 0 Å². The summed E-state index contributed by atoms with van der Waals surface area (Å²) in [6.07, 6.45) is 2.05. The van der Waals surface area contributed by atoms with Crippen molar-refractivity contribution in [2.75, 3.05) is 21.9 Å². The van der Waals surface area contributed by atoms with Crippen LogP contribution in [-0.2, 0) is 16.4 Å². The molecule has 2 aromatic carbocycles. The van der Waals surface area contributed by atoms with Crippen LogP contribution >= 0.6 is 23.2 Å². The molecular weight excluding hydrogens is 449 g/mol. The van der Waals surface area contributed by atoms with Gasteiger partial charge in [-0.2, -0.15) is 0 Å². The third-order valence-corrected chi connectivity index (χ3v) is 7.39. The van der Waals surface area contributed by atoms with E-state index >= 15 is 0 Å². The van der Waals surface area contributed by atoms with E-state index in [0.29, 0.717) is 25.1 Å². The monoisotopic (exact) mass is 469 g/mol. The maximum atomic E-state index is 12.9. The minimum Gasteiger partial charge on any atom is -0.366 e. The zero-order valence-corrected chi connectivity index (χ0v) is 18.6. The van der Waals surface area contributed by atoms with Gasteiger partial charge in [0.05, 0.1) is 27.0 Å². The third-order valence-electron chi connectivity index (χ3n) is 4.72. The van der Waals surface area contributed by atoms with E-state index in [1.54, 1.807) is 12.1 Å². The summed E-state index contributed by atoms with van der Waals surface area (Å²) >= 11 is 12.4. The van der Waals surface area contributed by atoms with E-state index in [4.69, 9.17) is 28.9 Å². The van der Waals surface area contributed by atoms with Crippen molar-refractivity contribution >= 4 is 56.4 Å². The number of rotatable bonds is 6. The normalized spacial score (nSPS) is 15.2. The van der Waals surface area contributed by atoms with Gasteiger partial charge in [-0.25, -0.2) is 8.42 Å². The van der Waals surface area contributed by atoms with Crippen molar-refractivity contribution in [3.05, 3.63) is 57.1 Å². The topological polar surface area (TPSA) is 110 Å². The van der Waals surface area contributed by atoms with Crippen LogP contribution in [0.25, 0.3) is 0 Å². The predicted octanol–water partition coefficient (Wildman–Crippen LogP) is 3.84. The highest BCUT2D eigenvalue weighted by Gasteiger charge is 2.30. The SMILES string of the molecule is CCCc1cc(NC(=O)c2cc(N3CCCS3(=O)=O)cc(Cl)c2Cl)cc(C(N)=O)c1. The van der Waals surface area contributed by atoms with E-state index in [9.17, 15) is 18.0 Å². The molecule has 10 heteroatoms. The molecule has 1 aliphatic rings. The zero-order valence-electron chi connectivity index (χ0n) is 16.2. The van der Waals surface area contributed by atoms with Gasteiger partial charge in [0, 0.05) is 17.8 Å². The fraction of sp³-hybridized carbons (Fsp3) is 0.300.